The van der Waals surface area contributed by atoms with E-state index in [9.17, 15) is 4.79 Å². The predicted molar refractivity (Wildman–Crippen MR) is 59.9 cm³/mol. The number of nitrogens with two attached hydrogens (primary N) is 1. The zero-order valence-electron chi connectivity index (χ0n) is 10.1. The molecule has 0 aliphatic heterocycles. The van der Waals surface area contributed by atoms with Crippen LogP contribution < -0.4 is 11.1 Å². The maximum absolute atomic E-state index is 11.5. The molecule has 3 N–H and O–H groups in total. The van der Waals surface area contributed by atoms with E-state index in [0.29, 0.717) is 5.92 Å². The van der Waals surface area contributed by atoms with Gasteiger partial charge in [-0.15, -0.1) is 0 Å². The molecule has 1 amide bonds. The average molecular weight is 200 g/mol. The normalized spacial score (nSPS) is 14.2. The zero-order chi connectivity index (χ0) is 11.4. The van der Waals surface area contributed by atoms with E-state index in [1.807, 2.05) is 20.8 Å². The fraction of sp³-hybridized carbons (Fsp3) is 0.909. The summed E-state index contributed by atoms with van der Waals surface area (Å²) in [5.41, 5.74) is 5.63. The topological polar surface area (TPSA) is 55.1 Å². The van der Waals surface area contributed by atoms with Gasteiger partial charge in [-0.05, 0) is 17.8 Å². The molecule has 0 bridgehead atoms. The highest BCUT2D eigenvalue weighted by molar-refractivity contribution is 5.82. The molecule has 0 radical (unpaired) electrons. The smallest absolute Gasteiger partial charge is 0.237 e. The lowest BCUT2D eigenvalue weighted by Crippen LogP contribution is -2.48. The van der Waals surface area contributed by atoms with Crippen LogP contribution >= 0.6 is 0 Å². The number of amides is 1. The van der Waals surface area contributed by atoms with Crippen LogP contribution in [0.5, 0.6) is 0 Å². The van der Waals surface area contributed by atoms with E-state index < -0.39 is 6.04 Å². The van der Waals surface area contributed by atoms with Crippen molar-refractivity contribution in [1.29, 1.82) is 0 Å². The summed E-state index contributed by atoms with van der Waals surface area (Å²) < 4.78 is 0. The standard InChI is InChI=1S/C11H24N2O/c1-8(2)6-7-13-10(14)9(12)11(3,4)5/h8-9H,6-7,12H2,1-5H3,(H,13,14)/t9-/m1/s1. The predicted octanol–water partition coefficient (Wildman–Crippen LogP) is 1.52. The van der Waals surface area contributed by atoms with Crippen LogP contribution in [-0.2, 0) is 4.79 Å². The number of carbonyl (C=O) groups is 1. The van der Waals surface area contributed by atoms with Crippen molar-refractivity contribution in [3.8, 4) is 0 Å². The molecular formula is C11H24N2O. The summed E-state index contributed by atoms with van der Waals surface area (Å²) in [5, 5.41) is 2.86. The Morgan fingerprint density at radius 2 is 1.86 bits per heavy atom. The monoisotopic (exact) mass is 200 g/mol. The van der Waals surface area contributed by atoms with Gasteiger partial charge in [-0.25, -0.2) is 0 Å². The molecule has 1 atom stereocenters. The fourth-order valence-corrected chi connectivity index (χ4v) is 0.987. The number of hydrogen-bond acceptors (Lipinski definition) is 2. The summed E-state index contributed by atoms with van der Waals surface area (Å²) in [4.78, 5) is 11.5. The second-order valence-corrected chi connectivity index (χ2v) is 5.32. The molecule has 84 valence electrons. The van der Waals surface area contributed by atoms with Crippen LogP contribution in [0.25, 0.3) is 0 Å². The molecule has 0 aromatic rings. The molecule has 0 saturated heterocycles. The highest BCUT2D eigenvalue weighted by atomic mass is 16.2. The van der Waals surface area contributed by atoms with Crippen LogP contribution in [0.4, 0.5) is 0 Å². The first-order chi connectivity index (χ1) is 6.25. The van der Waals surface area contributed by atoms with Gasteiger partial charge in [0.15, 0.2) is 0 Å². The van der Waals surface area contributed by atoms with Crippen molar-refractivity contribution in [2.45, 2.75) is 47.1 Å². The maximum Gasteiger partial charge on any atom is 0.237 e. The number of rotatable bonds is 4. The number of hydrogen-bond donors (Lipinski definition) is 2. The van der Waals surface area contributed by atoms with Crippen LogP contribution in [0.2, 0.25) is 0 Å². The van der Waals surface area contributed by atoms with Gasteiger partial charge >= 0.3 is 0 Å². The molecule has 0 fully saturated rings. The van der Waals surface area contributed by atoms with E-state index >= 15 is 0 Å². The maximum atomic E-state index is 11.5. The van der Waals surface area contributed by atoms with Crippen molar-refractivity contribution in [2.24, 2.45) is 17.1 Å². The third kappa shape index (κ3) is 5.22. The summed E-state index contributed by atoms with van der Waals surface area (Å²) >= 11 is 0. The van der Waals surface area contributed by atoms with Gasteiger partial charge in [-0.1, -0.05) is 34.6 Å². The van der Waals surface area contributed by atoms with E-state index in [0.717, 1.165) is 13.0 Å². The zero-order valence-corrected chi connectivity index (χ0v) is 10.1. The van der Waals surface area contributed by atoms with Gasteiger partial charge in [0.1, 0.15) is 0 Å². The van der Waals surface area contributed by atoms with Gasteiger partial charge in [-0.3, -0.25) is 4.79 Å². The Labute approximate surface area is 87.4 Å². The summed E-state index contributed by atoms with van der Waals surface area (Å²) in [6, 6.07) is -0.422. The van der Waals surface area contributed by atoms with Crippen molar-refractivity contribution >= 4 is 5.91 Å². The van der Waals surface area contributed by atoms with Crippen LogP contribution in [-0.4, -0.2) is 18.5 Å². The van der Waals surface area contributed by atoms with Crippen LogP contribution in [0.1, 0.15) is 41.0 Å². The second kappa shape index (κ2) is 5.35. The Balaban J connectivity index is 3.86. The molecule has 0 rings (SSSR count). The van der Waals surface area contributed by atoms with Gasteiger partial charge in [0.25, 0.3) is 0 Å². The Hall–Kier alpha value is -0.570. The molecule has 3 heteroatoms. The van der Waals surface area contributed by atoms with Crippen molar-refractivity contribution in [3.05, 3.63) is 0 Å². The average Bonchev–Trinajstić information content (AvgIpc) is 2.00. The minimum atomic E-state index is -0.422. The van der Waals surface area contributed by atoms with Crippen LogP contribution in [0.15, 0.2) is 0 Å². The Morgan fingerprint density at radius 1 is 1.36 bits per heavy atom. The number of carbonyl (C=O) groups excluding carboxylic acids is 1. The van der Waals surface area contributed by atoms with E-state index in [1.54, 1.807) is 0 Å². The third-order valence-corrected chi connectivity index (χ3v) is 2.24. The first-order valence-corrected chi connectivity index (χ1v) is 5.28. The van der Waals surface area contributed by atoms with Gasteiger partial charge in [0, 0.05) is 6.54 Å². The Bertz CT molecular complexity index is 182. The van der Waals surface area contributed by atoms with Crippen molar-refractivity contribution in [2.75, 3.05) is 6.54 Å². The third-order valence-electron chi connectivity index (χ3n) is 2.24. The van der Waals surface area contributed by atoms with Gasteiger partial charge in [0.05, 0.1) is 6.04 Å². The van der Waals surface area contributed by atoms with Crippen molar-refractivity contribution < 1.29 is 4.79 Å². The van der Waals surface area contributed by atoms with Gasteiger partial charge in [0.2, 0.25) is 5.91 Å². The molecule has 0 aromatic heterocycles. The SMILES string of the molecule is CC(C)CCNC(=O)[C@@H](N)C(C)(C)C. The minimum Gasteiger partial charge on any atom is -0.355 e. The van der Waals surface area contributed by atoms with E-state index in [4.69, 9.17) is 5.73 Å². The van der Waals surface area contributed by atoms with E-state index in [-0.39, 0.29) is 11.3 Å². The quantitative estimate of drug-likeness (QED) is 0.723. The van der Waals surface area contributed by atoms with Crippen molar-refractivity contribution in [1.82, 2.24) is 5.32 Å². The van der Waals surface area contributed by atoms with E-state index in [2.05, 4.69) is 19.2 Å². The molecular weight excluding hydrogens is 176 g/mol. The molecule has 0 unspecified atom stereocenters. The van der Waals surface area contributed by atoms with E-state index in [1.165, 1.54) is 0 Å². The highest BCUT2D eigenvalue weighted by Gasteiger charge is 2.26. The molecule has 0 spiro atoms. The summed E-state index contributed by atoms with van der Waals surface area (Å²) in [6.45, 7) is 10.9. The first kappa shape index (κ1) is 13.4. The lowest BCUT2D eigenvalue weighted by atomic mass is 9.87. The Kier molecular flexibility index (Phi) is 5.13. The lowest BCUT2D eigenvalue weighted by Gasteiger charge is -2.25. The summed E-state index contributed by atoms with van der Waals surface area (Å²) in [7, 11) is 0. The second-order valence-electron chi connectivity index (χ2n) is 5.32. The summed E-state index contributed by atoms with van der Waals surface area (Å²) in [6.07, 6.45) is 1.00. The fourth-order valence-electron chi connectivity index (χ4n) is 0.987. The molecule has 0 aliphatic rings. The van der Waals surface area contributed by atoms with Crippen molar-refractivity contribution in [3.63, 3.8) is 0 Å². The van der Waals surface area contributed by atoms with Gasteiger partial charge < -0.3 is 11.1 Å². The largest absolute Gasteiger partial charge is 0.355 e. The molecule has 0 saturated carbocycles. The molecule has 3 nitrogen and oxygen atoms in total. The summed E-state index contributed by atoms with van der Waals surface area (Å²) in [5.74, 6) is 0.569. The lowest BCUT2D eigenvalue weighted by molar-refractivity contribution is -0.124. The van der Waals surface area contributed by atoms with Crippen LogP contribution in [0, 0.1) is 11.3 Å². The molecule has 14 heavy (non-hydrogen) atoms. The van der Waals surface area contributed by atoms with Gasteiger partial charge in [-0.2, -0.15) is 0 Å². The molecule has 0 heterocycles. The first-order valence-electron chi connectivity index (χ1n) is 5.28. The van der Waals surface area contributed by atoms with Crippen LogP contribution in [0.3, 0.4) is 0 Å². The molecule has 0 aliphatic carbocycles. The Morgan fingerprint density at radius 3 is 2.21 bits per heavy atom. The minimum absolute atomic E-state index is 0.0434. The number of nitrogens with one attached hydrogen (secondary N) is 1. The molecule has 0 aromatic carbocycles. The highest BCUT2D eigenvalue weighted by Crippen LogP contribution is 2.17.